The molecule has 1 aliphatic heterocycles. The highest BCUT2D eigenvalue weighted by Crippen LogP contribution is 2.40. The van der Waals surface area contributed by atoms with Crippen LogP contribution < -0.4 is 5.32 Å². The number of nitrogens with zero attached hydrogens (tertiary/aromatic N) is 1. The second-order valence-electron chi connectivity index (χ2n) is 7.09. The van der Waals surface area contributed by atoms with Crippen molar-refractivity contribution in [2.45, 2.75) is 32.6 Å². The molecule has 2 amide bonds. The molecule has 1 aromatic rings. The molecule has 0 bridgehead atoms. The highest BCUT2D eigenvalue weighted by molar-refractivity contribution is 5.92. The van der Waals surface area contributed by atoms with E-state index < -0.39 is 0 Å². The topological polar surface area (TPSA) is 49.4 Å². The molecule has 2 aliphatic rings. The van der Waals surface area contributed by atoms with Crippen molar-refractivity contribution in [1.29, 1.82) is 0 Å². The number of hydrogen-bond donors (Lipinski definition) is 1. The molecule has 2 unspecified atom stereocenters. The first-order valence-electron chi connectivity index (χ1n) is 8.86. The molecule has 0 aromatic heterocycles. The van der Waals surface area contributed by atoms with E-state index in [1.807, 2.05) is 4.90 Å². The average molecular weight is 332 g/mol. The van der Waals surface area contributed by atoms with Crippen LogP contribution in [0.4, 0.5) is 4.39 Å². The Morgan fingerprint density at radius 3 is 2.62 bits per heavy atom. The van der Waals surface area contributed by atoms with E-state index in [1.54, 1.807) is 18.2 Å². The molecule has 5 heteroatoms. The smallest absolute Gasteiger partial charge is 0.226 e. The van der Waals surface area contributed by atoms with E-state index in [4.69, 9.17) is 0 Å². The summed E-state index contributed by atoms with van der Waals surface area (Å²) in [7, 11) is 0. The minimum Gasteiger partial charge on any atom is -0.356 e. The van der Waals surface area contributed by atoms with Gasteiger partial charge in [-0.2, -0.15) is 0 Å². The van der Waals surface area contributed by atoms with Gasteiger partial charge in [0.2, 0.25) is 11.8 Å². The standard InChI is InChI=1S/C19H25FN2O2/c1-13-7-10-22(11-8-13)19(24)16-12-15(16)18(23)21-9-6-14-4-2-3-5-17(14)20/h2-5,13,15-16H,6-12H2,1H3,(H,21,23). The molecule has 2 fully saturated rings. The van der Waals surface area contributed by atoms with Gasteiger partial charge in [0.15, 0.2) is 0 Å². The largest absolute Gasteiger partial charge is 0.356 e. The fourth-order valence-corrected chi connectivity index (χ4v) is 3.37. The summed E-state index contributed by atoms with van der Waals surface area (Å²) >= 11 is 0. The van der Waals surface area contributed by atoms with Gasteiger partial charge in [-0.05, 0) is 43.2 Å². The van der Waals surface area contributed by atoms with Gasteiger partial charge in [-0.25, -0.2) is 4.39 Å². The molecule has 1 saturated heterocycles. The van der Waals surface area contributed by atoms with E-state index in [1.165, 1.54) is 6.07 Å². The third-order valence-corrected chi connectivity index (χ3v) is 5.19. The van der Waals surface area contributed by atoms with E-state index >= 15 is 0 Å². The number of halogens is 1. The summed E-state index contributed by atoms with van der Waals surface area (Å²) in [4.78, 5) is 26.5. The molecule has 1 aromatic carbocycles. The summed E-state index contributed by atoms with van der Waals surface area (Å²) in [5.41, 5.74) is 0.601. The molecule has 3 rings (SSSR count). The maximum absolute atomic E-state index is 13.5. The van der Waals surface area contributed by atoms with Crippen LogP contribution in [-0.4, -0.2) is 36.3 Å². The number of likely N-dealkylation sites (tertiary alicyclic amines) is 1. The van der Waals surface area contributed by atoms with Crippen LogP contribution in [0.25, 0.3) is 0 Å². The summed E-state index contributed by atoms with van der Waals surface area (Å²) in [6.07, 6.45) is 3.22. The maximum Gasteiger partial charge on any atom is 0.226 e. The molecule has 1 heterocycles. The lowest BCUT2D eigenvalue weighted by Crippen LogP contribution is -2.39. The van der Waals surface area contributed by atoms with Gasteiger partial charge < -0.3 is 10.2 Å². The summed E-state index contributed by atoms with van der Waals surface area (Å²) in [5.74, 6) is 0.159. The number of amides is 2. The highest BCUT2D eigenvalue weighted by Gasteiger charge is 2.49. The van der Waals surface area contributed by atoms with Gasteiger partial charge in [0.05, 0.1) is 11.8 Å². The molecule has 2 atom stereocenters. The molecule has 24 heavy (non-hydrogen) atoms. The first kappa shape index (κ1) is 16.9. The summed E-state index contributed by atoms with van der Waals surface area (Å²) < 4.78 is 13.5. The molecule has 0 radical (unpaired) electrons. The maximum atomic E-state index is 13.5. The highest BCUT2D eigenvalue weighted by atomic mass is 19.1. The molecule has 0 spiro atoms. The fourth-order valence-electron chi connectivity index (χ4n) is 3.37. The quantitative estimate of drug-likeness (QED) is 0.900. The molecular formula is C19H25FN2O2. The summed E-state index contributed by atoms with van der Waals surface area (Å²) in [5, 5.41) is 2.84. The van der Waals surface area contributed by atoms with Crippen molar-refractivity contribution in [1.82, 2.24) is 10.2 Å². The van der Waals surface area contributed by atoms with Crippen LogP contribution in [0.3, 0.4) is 0 Å². The summed E-state index contributed by atoms with van der Waals surface area (Å²) in [6, 6.07) is 6.59. The van der Waals surface area contributed by atoms with Crippen molar-refractivity contribution in [3.05, 3.63) is 35.6 Å². The zero-order valence-corrected chi connectivity index (χ0v) is 14.1. The van der Waals surface area contributed by atoms with E-state index in [2.05, 4.69) is 12.2 Å². The van der Waals surface area contributed by atoms with Gasteiger partial charge >= 0.3 is 0 Å². The minimum absolute atomic E-state index is 0.0740. The number of hydrogen-bond acceptors (Lipinski definition) is 2. The number of rotatable bonds is 5. The number of nitrogens with one attached hydrogen (secondary N) is 1. The first-order valence-corrected chi connectivity index (χ1v) is 8.86. The van der Waals surface area contributed by atoms with Crippen LogP contribution in [-0.2, 0) is 16.0 Å². The van der Waals surface area contributed by atoms with Crippen LogP contribution in [0.15, 0.2) is 24.3 Å². The van der Waals surface area contributed by atoms with Crippen LogP contribution in [0.1, 0.15) is 31.7 Å². The zero-order chi connectivity index (χ0) is 17.1. The molecule has 1 N–H and O–H groups in total. The first-order chi connectivity index (χ1) is 11.6. The molecule has 1 aliphatic carbocycles. The lowest BCUT2D eigenvalue weighted by atomic mass is 9.99. The van der Waals surface area contributed by atoms with Crippen molar-refractivity contribution in [2.75, 3.05) is 19.6 Å². The SMILES string of the molecule is CC1CCN(C(=O)C2CC2C(=O)NCCc2ccccc2F)CC1. The van der Waals surface area contributed by atoms with Gasteiger partial charge in [-0.1, -0.05) is 25.1 Å². The Labute approximate surface area is 142 Å². The van der Waals surface area contributed by atoms with E-state index in [0.29, 0.717) is 30.9 Å². The second-order valence-corrected chi connectivity index (χ2v) is 7.09. The van der Waals surface area contributed by atoms with E-state index in [-0.39, 0.29) is 29.5 Å². The second kappa shape index (κ2) is 7.32. The predicted molar refractivity (Wildman–Crippen MR) is 89.7 cm³/mol. The Balaban J connectivity index is 1.41. The van der Waals surface area contributed by atoms with Gasteiger partial charge in [0.1, 0.15) is 5.82 Å². The van der Waals surface area contributed by atoms with Gasteiger partial charge in [-0.15, -0.1) is 0 Å². The molecule has 130 valence electrons. The van der Waals surface area contributed by atoms with E-state index in [9.17, 15) is 14.0 Å². The monoisotopic (exact) mass is 332 g/mol. The Hall–Kier alpha value is -1.91. The summed E-state index contributed by atoms with van der Waals surface area (Å²) in [6.45, 7) is 4.25. The Kier molecular flexibility index (Phi) is 5.17. The van der Waals surface area contributed by atoms with Crippen molar-refractivity contribution in [2.24, 2.45) is 17.8 Å². The number of carbonyl (C=O) groups is 2. The zero-order valence-electron chi connectivity index (χ0n) is 14.1. The van der Waals surface area contributed by atoms with Gasteiger partial charge in [-0.3, -0.25) is 9.59 Å². The van der Waals surface area contributed by atoms with Gasteiger partial charge in [0.25, 0.3) is 0 Å². The third-order valence-electron chi connectivity index (χ3n) is 5.19. The van der Waals surface area contributed by atoms with Crippen LogP contribution in [0, 0.1) is 23.6 Å². The van der Waals surface area contributed by atoms with Crippen molar-refractivity contribution in [3.8, 4) is 0 Å². The van der Waals surface area contributed by atoms with Crippen molar-refractivity contribution >= 4 is 11.8 Å². The van der Waals surface area contributed by atoms with Crippen molar-refractivity contribution in [3.63, 3.8) is 0 Å². The lowest BCUT2D eigenvalue weighted by Gasteiger charge is -2.30. The lowest BCUT2D eigenvalue weighted by molar-refractivity contribution is -0.135. The minimum atomic E-state index is -0.245. The molecule has 1 saturated carbocycles. The molecular weight excluding hydrogens is 307 g/mol. The van der Waals surface area contributed by atoms with Crippen LogP contribution in [0.5, 0.6) is 0 Å². The van der Waals surface area contributed by atoms with Crippen molar-refractivity contribution < 1.29 is 14.0 Å². The molecule has 4 nitrogen and oxygen atoms in total. The Bertz CT molecular complexity index is 611. The van der Waals surface area contributed by atoms with E-state index in [0.717, 1.165) is 25.9 Å². The third kappa shape index (κ3) is 3.94. The average Bonchev–Trinajstić information content (AvgIpc) is 3.37. The Morgan fingerprint density at radius 1 is 1.21 bits per heavy atom. The van der Waals surface area contributed by atoms with Crippen LogP contribution in [0.2, 0.25) is 0 Å². The van der Waals surface area contributed by atoms with Crippen LogP contribution >= 0.6 is 0 Å². The number of benzene rings is 1. The number of carbonyl (C=O) groups excluding carboxylic acids is 2. The Morgan fingerprint density at radius 2 is 1.92 bits per heavy atom. The predicted octanol–water partition coefficient (Wildman–Crippen LogP) is 2.38. The fraction of sp³-hybridized carbons (Fsp3) is 0.579. The van der Waals surface area contributed by atoms with Gasteiger partial charge in [0, 0.05) is 19.6 Å². The number of piperidine rings is 1. The normalized spacial score (nSPS) is 23.8.